The Hall–Kier alpha value is -6.59. The van der Waals surface area contributed by atoms with Crippen LogP contribution in [0, 0.1) is 17.2 Å². The molecule has 0 spiro atoms. The summed E-state index contributed by atoms with van der Waals surface area (Å²) >= 11 is 6.12. The van der Waals surface area contributed by atoms with Crippen molar-refractivity contribution in [3.05, 3.63) is 107 Å². The van der Waals surface area contributed by atoms with Crippen LogP contribution in [-0.4, -0.2) is 127 Å². The first-order chi connectivity index (χ1) is 35.4. The fourth-order valence-electron chi connectivity index (χ4n) is 7.78. The van der Waals surface area contributed by atoms with Gasteiger partial charge in [-0.3, -0.25) is 24.0 Å². The summed E-state index contributed by atoms with van der Waals surface area (Å²) in [5.41, 5.74) is 5.82. The van der Waals surface area contributed by atoms with Gasteiger partial charge in [-0.05, 0) is 116 Å². The summed E-state index contributed by atoms with van der Waals surface area (Å²) in [6, 6.07) is 28.8. The number of benzene rings is 4. The Kier molecular flexibility index (Phi) is 24.4. The zero-order valence-corrected chi connectivity index (χ0v) is 42.8. The van der Waals surface area contributed by atoms with Gasteiger partial charge in [0.05, 0.1) is 78.2 Å². The van der Waals surface area contributed by atoms with Gasteiger partial charge in [-0.1, -0.05) is 43.1 Å². The van der Waals surface area contributed by atoms with E-state index in [9.17, 15) is 24.0 Å². The third-order valence-corrected chi connectivity index (χ3v) is 11.8. The first-order valence-electron chi connectivity index (χ1n) is 24.6. The maximum Gasteiger partial charge on any atom is 0.258 e. The van der Waals surface area contributed by atoms with Gasteiger partial charge in [0.25, 0.3) is 11.8 Å². The van der Waals surface area contributed by atoms with E-state index in [0.29, 0.717) is 114 Å². The monoisotopic (exact) mass is 1030 g/mol. The predicted octanol–water partition coefficient (Wildman–Crippen LogP) is 6.70. The molecule has 2 unspecified atom stereocenters. The van der Waals surface area contributed by atoms with Gasteiger partial charge in [0.2, 0.25) is 17.7 Å². The second kappa shape index (κ2) is 31.1. The number of fused-ring (bicyclic) bond motifs is 1. The zero-order chi connectivity index (χ0) is 52.4. The highest BCUT2D eigenvalue weighted by atomic mass is 35.5. The van der Waals surface area contributed by atoms with E-state index in [1.165, 1.54) is 6.92 Å². The molecule has 5 amide bonds. The molecule has 0 saturated carbocycles. The minimum atomic E-state index is -0.864. The van der Waals surface area contributed by atoms with Crippen LogP contribution in [0.3, 0.4) is 0 Å². The SMILES string of the molecule is CCCC(NC(=O)C(C)C#N)C(=O)Nc1ccc(OCC(=O)NCCOCCOCCOCCOCCOCCNC(=O)c2ccc(-c3ccc4c(c3)[C@H](Nc3ccc(Cl)cc3)C[C@H](C)N4C(C)=O)cc2)cc1. The van der Waals surface area contributed by atoms with Crippen molar-refractivity contribution >= 4 is 58.2 Å². The van der Waals surface area contributed by atoms with E-state index in [-0.39, 0.29) is 36.4 Å². The summed E-state index contributed by atoms with van der Waals surface area (Å²) in [6.07, 6.45) is 1.82. The lowest BCUT2D eigenvalue weighted by atomic mass is 9.88. The van der Waals surface area contributed by atoms with Crippen LogP contribution >= 0.6 is 11.6 Å². The Morgan fingerprint density at radius 2 is 1.29 bits per heavy atom. The molecule has 18 nitrogen and oxygen atoms in total. The summed E-state index contributed by atoms with van der Waals surface area (Å²) in [7, 11) is 0. The van der Waals surface area contributed by atoms with E-state index in [0.717, 1.165) is 34.5 Å². The molecule has 392 valence electrons. The van der Waals surface area contributed by atoms with E-state index in [1.54, 1.807) is 43.3 Å². The maximum atomic E-state index is 12.9. The number of carbonyl (C=O) groups excluding carboxylic acids is 5. The smallest absolute Gasteiger partial charge is 0.258 e. The highest BCUT2D eigenvalue weighted by Crippen LogP contribution is 2.41. The molecular weight excluding hydrogens is 958 g/mol. The van der Waals surface area contributed by atoms with Crippen LogP contribution < -0.4 is 36.2 Å². The molecule has 1 aliphatic rings. The highest BCUT2D eigenvalue weighted by Gasteiger charge is 2.33. The van der Waals surface area contributed by atoms with E-state index >= 15 is 0 Å². The van der Waals surface area contributed by atoms with Gasteiger partial charge in [-0.2, -0.15) is 5.26 Å². The minimum Gasteiger partial charge on any atom is -0.484 e. The maximum absolute atomic E-state index is 12.9. The summed E-state index contributed by atoms with van der Waals surface area (Å²) in [6.45, 7) is 11.2. The molecular formula is C54H68ClN7O11. The highest BCUT2D eigenvalue weighted by molar-refractivity contribution is 6.30. The number of amides is 5. The molecule has 19 heteroatoms. The van der Waals surface area contributed by atoms with Crippen LogP contribution in [0.1, 0.15) is 68.9 Å². The number of rotatable bonds is 31. The van der Waals surface area contributed by atoms with Crippen LogP contribution in [-0.2, 0) is 42.9 Å². The normalized spacial score (nSPS) is 14.7. The molecule has 4 aromatic rings. The fourth-order valence-corrected chi connectivity index (χ4v) is 7.91. The van der Waals surface area contributed by atoms with Crippen LogP contribution in [0.15, 0.2) is 91.0 Å². The largest absolute Gasteiger partial charge is 0.484 e. The van der Waals surface area contributed by atoms with E-state index in [1.807, 2.05) is 66.4 Å². The zero-order valence-electron chi connectivity index (χ0n) is 42.0. The average molecular weight is 1030 g/mol. The van der Waals surface area contributed by atoms with Gasteiger partial charge in [0.15, 0.2) is 6.61 Å². The van der Waals surface area contributed by atoms with Gasteiger partial charge in [0.1, 0.15) is 17.7 Å². The van der Waals surface area contributed by atoms with Crippen LogP contribution in [0.25, 0.3) is 11.1 Å². The minimum absolute atomic E-state index is 0.000828. The van der Waals surface area contributed by atoms with Crippen molar-refractivity contribution in [1.29, 1.82) is 5.26 Å². The Labute approximate surface area is 432 Å². The molecule has 5 rings (SSSR count). The summed E-state index contributed by atoms with van der Waals surface area (Å²) < 4.78 is 33.2. The number of nitriles is 1. The number of nitrogens with zero attached hydrogens (tertiary/aromatic N) is 2. The quantitative estimate of drug-likeness (QED) is 0.0331. The third-order valence-electron chi connectivity index (χ3n) is 11.6. The van der Waals surface area contributed by atoms with E-state index in [2.05, 4.69) is 39.6 Å². The topological polar surface area (TPSA) is 228 Å². The predicted molar refractivity (Wildman–Crippen MR) is 279 cm³/mol. The lowest BCUT2D eigenvalue weighted by Crippen LogP contribution is -2.45. The molecule has 1 heterocycles. The van der Waals surface area contributed by atoms with E-state index in [4.69, 9.17) is 45.3 Å². The molecule has 0 aliphatic carbocycles. The fraction of sp³-hybridized carbons (Fsp3) is 0.444. The van der Waals surface area contributed by atoms with Crippen LogP contribution in [0.2, 0.25) is 5.02 Å². The number of anilines is 3. The molecule has 4 aromatic carbocycles. The molecule has 0 bridgehead atoms. The summed E-state index contributed by atoms with van der Waals surface area (Å²) in [5.74, 6) is -1.84. The first kappa shape index (κ1) is 57.3. The number of carbonyl (C=O) groups is 5. The number of ether oxygens (including phenoxy) is 6. The third kappa shape index (κ3) is 19.4. The first-order valence-corrected chi connectivity index (χ1v) is 25.0. The lowest BCUT2D eigenvalue weighted by molar-refractivity contribution is -0.127. The van der Waals surface area contributed by atoms with Gasteiger partial charge in [-0.25, -0.2) is 0 Å². The van der Waals surface area contributed by atoms with E-state index < -0.39 is 23.8 Å². The molecule has 5 N–H and O–H groups in total. The van der Waals surface area contributed by atoms with Crippen molar-refractivity contribution in [1.82, 2.24) is 16.0 Å². The molecule has 73 heavy (non-hydrogen) atoms. The Balaban J connectivity index is 0.831. The molecule has 4 atom stereocenters. The van der Waals surface area contributed by atoms with Crippen molar-refractivity contribution in [2.45, 2.75) is 65.1 Å². The number of hydrogen-bond donors (Lipinski definition) is 5. The van der Waals surface area contributed by atoms with Crippen LogP contribution in [0.5, 0.6) is 5.75 Å². The summed E-state index contributed by atoms with van der Waals surface area (Å²) in [5, 5.41) is 24.2. The molecule has 1 aliphatic heterocycles. The molecule has 0 fully saturated rings. The van der Waals surface area contributed by atoms with Crippen molar-refractivity contribution in [3.63, 3.8) is 0 Å². The average Bonchev–Trinajstić information content (AvgIpc) is 3.39. The number of halogens is 1. The lowest BCUT2D eigenvalue weighted by Gasteiger charge is -2.39. The molecule has 0 aromatic heterocycles. The second-order valence-electron chi connectivity index (χ2n) is 17.2. The number of hydrogen-bond acceptors (Lipinski definition) is 13. The van der Waals surface area contributed by atoms with Crippen molar-refractivity contribution in [3.8, 4) is 22.9 Å². The number of nitrogens with one attached hydrogen (secondary N) is 5. The Morgan fingerprint density at radius 3 is 1.86 bits per heavy atom. The Morgan fingerprint density at radius 1 is 0.726 bits per heavy atom. The van der Waals surface area contributed by atoms with Crippen molar-refractivity contribution in [2.75, 3.05) is 101 Å². The van der Waals surface area contributed by atoms with Gasteiger partial charge < -0.3 is 59.9 Å². The van der Waals surface area contributed by atoms with Crippen molar-refractivity contribution < 1.29 is 52.4 Å². The standard InChI is InChI=1S/C54H68ClN7O11/c1-5-6-48(61-52(65)37(2)35-56)54(67)60-45-16-18-46(19-17-45)73-36-51(64)57-21-23-68-25-27-70-29-31-72-32-30-71-28-26-69-24-22-58-53(66)41-9-7-40(8-10-41)42-11-20-50-47(34-42)49(33-38(3)62(50)39(4)63)59-44-14-12-43(55)13-15-44/h7-20,34,37-38,48-49,59H,5-6,21-33,36H2,1-4H3,(H,57,64)(H,58,66)(H,60,67)(H,61,65)/t37?,38-,48?,49+/m0/s1. The Bertz CT molecular complexity index is 2420. The molecule has 0 saturated heterocycles. The van der Waals surface area contributed by atoms with Crippen molar-refractivity contribution in [2.24, 2.45) is 5.92 Å². The molecule has 0 radical (unpaired) electrons. The van der Waals surface area contributed by atoms with Gasteiger partial charge in [0, 0.05) is 53.7 Å². The second-order valence-corrected chi connectivity index (χ2v) is 17.6. The van der Waals surface area contributed by atoms with Gasteiger partial charge >= 0.3 is 0 Å². The van der Waals surface area contributed by atoms with Crippen LogP contribution in [0.4, 0.5) is 17.1 Å². The summed E-state index contributed by atoms with van der Waals surface area (Å²) in [4.78, 5) is 64.4. The van der Waals surface area contributed by atoms with Gasteiger partial charge in [-0.15, -0.1) is 0 Å².